The predicted molar refractivity (Wildman–Crippen MR) is 141 cm³/mol. The smallest absolute Gasteiger partial charge is 0.338 e. The van der Waals surface area contributed by atoms with Crippen molar-refractivity contribution in [3.05, 3.63) is 35.9 Å². The van der Waals surface area contributed by atoms with E-state index in [1.165, 1.54) is 0 Å². The predicted octanol–water partition coefficient (Wildman–Crippen LogP) is 3.40. The largest absolute Gasteiger partial charge is 0.458 e. The van der Waals surface area contributed by atoms with Gasteiger partial charge in [0.25, 0.3) is 0 Å². The van der Waals surface area contributed by atoms with E-state index in [1.807, 2.05) is 44.6 Å². The van der Waals surface area contributed by atoms with Crippen molar-refractivity contribution in [2.75, 3.05) is 41.0 Å². The fraction of sp³-hybridized carbons (Fsp3) is 0.774. The zero-order valence-electron chi connectivity index (χ0n) is 23.2. The van der Waals surface area contributed by atoms with Gasteiger partial charge in [0, 0.05) is 68.9 Å². The lowest BCUT2D eigenvalue weighted by molar-refractivity contribution is -0.276. The summed E-state index contributed by atoms with van der Waals surface area (Å²) in [5.41, 5.74) is -0.405. The Kier molecular flexibility index (Phi) is 5.86. The van der Waals surface area contributed by atoms with Crippen LogP contribution in [-0.4, -0.2) is 87.0 Å². The molecule has 7 bridgehead atoms. The van der Waals surface area contributed by atoms with Crippen LogP contribution in [0.2, 0.25) is 0 Å². The summed E-state index contributed by atoms with van der Waals surface area (Å²) in [5, 5.41) is 12.9. The summed E-state index contributed by atoms with van der Waals surface area (Å²) in [6.45, 7) is 4.99. The molecular weight excluding hydrogens is 482 g/mol. The number of aliphatic hydroxyl groups is 1. The van der Waals surface area contributed by atoms with Crippen molar-refractivity contribution >= 4 is 5.97 Å². The molecule has 6 aliphatic rings. The molecule has 5 aliphatic carbocycles. The first kappa shape index (κ1) is 25.5. The molecule has 0 amide bonds. The van der Waals surface area contributed by atoms with Crippen molar-refractivity contribution in [1.82, 2.24) is 4.90 Å². The summed E-state index contributed by atoms with van der Waals surface area (Å²) < 4.78 is 24.9. The molecule has 7 nitrogen and oxygen atoms in total. The highest BCUT2D eigenvalue weighted by molar-refractivity contribution is 5.89. The standard InChI is InChI=1S/C31H43NO6/c1-5-32-16-29(17-35-2)12-11-24(37-4)31-20-13-19-22(36-3)15-30(34,21(27(31)32)14-23(29)31)25(20)26(19)38-28(33)18-9-7-6-8-10-18/h6-10,19-27,34H,5,11-17H2,1-4H3/t19-,20?,21+,22+,23?,24+,25?,26?,27?,29+,30+,31-/m1/s1. The highest BCUT2D eigenvalue weighted by Crippen LogP contribution is 2.79. The van der Waals surface area contributed by atoms with Gasteiger partial charge in [-0.25, -0.2) is 4.79 Å². The zero-order valence-corrected chi connectivity index (χ0v) is 23.2. The number of likely N-dealkylation sites (tertiary alicyclic amines) is 1. The number of esters is 1. The van der Waals surface area contributed by atoms with Gasteiger partial charge in [0.2, 0.25) is 0 Å². The van der Waals surface area contributed by atoms with Crippen LogP contribution in [-0.2, 0) is 18.9 Å². The molecule has 1 saturated heterocycles. The van der Waals surface area contributed by atoms with Gasteiger partial charge in [-0.2, -0.15) is 0 Å². The van der Waals surface area contributed by atoms with Gasteiger partial charge in [-0.3, -0.25) is 4.90 Å². The van der Waals surface area contributed by atoms with E-state index in [0.717, 1.165) is 45.4 Å². The van der Waals surface area contributed by atoms with Gasteiger partial charge >= 0.3 is 5.97 Å². The lowest BCUT2D eigenvalue weighted by Crippen LogP contribution is -2.76. The van der Waals surface area contributed by atoms with Crippen molar-refractivity contribution in [3.63, 3.8) is 0 Å². The van der Waals surface area contributed by atoms with E-state index in [2.05, 4.69) is 11.8 Å². The van der Waals surface area contributed by atoms with Crippen molar-refractivity contribution < 1.29 is 28.8 Å². The monoisotopic (exact) mass is 525 g/mol. The van der Waals surface area contributed by atoms with Gasteiger partial charge in [0.1, 0.15) is 6.10 Å². The Morgan fingerprint density at radius 3 is 2.58 bits per heavy atom. The minimum absolute atomic E-state index is 0.0645. The molecule has 7 heteroatoms. The van der Waals surface area contributed by atoms with Crippen LogP contribution in [0.5, 0.6) is 0 Å². The molecule has 1 aromatic carbocycles. The Balaban J connectivity index is 1.38. The summed E-state index contributed by atoms with van der Waals surface area (Å²) in [5.74, 6) is 0.395. The van der Waals surface area contributed by atoms with Crippen LogP contribution in [0, 0.1) is 40.4 Å². The highest BCUT2D eigenvalue weighted by Gasteiger charge is 2.84. The Morgan fingerprint density at radius 2 is 1.89 bits per heavy atom. The molecule has 6 fully saturated rings. The summed E-state index contributed by atoms with van der Waals surface area (Å²) >= 11 is 0. The minimum atomic E-state index is -0.942. The SMILES string of the molecule is CCN1C[C@]2(COC)CC[C@H](OC)[C@@]34C5C[C@H]6C(OC(=O)c7ccccc7)C5[C@](O)(C[C@@H]6OC)[C@@H](CC23)C14. The number of hydrogen-bond acceptors (Lipinski definition) is 7. The second kappa shape index (κ2) is 8.74. The van der Waals surface area contributed by atoms with E-state index in [9.17, 15) is 9.90 Å². The first-order chi connectivity index (χ1) is 18.4. The molecule has 208 valence electrons. The van der Waals surface area contributed by atoms with Crippen LogP contribution in [0.25, 0.3) is 0 Å². The third kappa shape index (κ3) is 2.95. The Hall–Kier alpha value is -1.51. The molecule has 7 rings (SSSR count). The third-order valence-corrected chi connectivity index (χ3v) is 12.4. The van der Waals surface area contributed by atoms with Gasteiger partial charge < -0.3 is 24.1 Å². The van der Waals surface area contributed by atoms with Gasteiger partial charge in [-0.05, 0) is 56.2 Å². The van der Waals surface area contributed by atoms with Crippen LogP contribution >= 0.6 is 0 Å². The Bertz CT molecular complexity index is 1080. The molecule has 1 aliphatic heterocycles. The summed E-state index contributed by atoms with van der Waals surface area (Å²) in [7, 11) is 5.47. The molecule has 12 atom stereocenters. The molecule has 1 spiro atoms. The lowest BCUT2D eigenvalue weighted by atomic mass is 9.43. The van der Waals surface area contributed by atoms with E-state index in [0.29, 0.717) is 17.9 Å². The number of carbonyl (C=O) groups excluding carboxylic acids is 1. The Labute approximate surface area is 226 Å². The summed E-state index contributed by atoms with van der Waals surface area (Å²) in [4.78, 5) is 16.1. The number of fused-ring (bicyclic) bond motifs is 2. The van der Waals surface area contributed by atoms with Crippen molar-refractivity contribution in [2.45, 2.75) is 69.0 Å². The molecule has 0 aromatic heterocycles. The van der Waals surface area contributed by atoms with E-state index in [1.54, 1.807) is 7.11 Å². The van der Waals surface area contributed by atoms with Gasteiger partial charge in [0.05, 0.1) is 30.0 Å². The van der Waals surface area contributed by atoms with Crippen LogP contribution in [0.15, 0.2) is 30.3 Å². The number of ether oxygens (including phenoxy) is 4. The van der Waals surface area contributed by atoms with Gasteiger partial charge in [-0.1, -0.05) is 25.1 Å². The topological polar surface area (TPSA) is 77.5 Å². The molecular formula is C31H43NO6. The third-order valence-electron chi connectivity index (χ3n) is 12.4. The first-order valence-corrected chi connectivity index (χ1v) is 14.7. The van der Waals surface area contributed by atoms with Crippen molar-refractivity contribution in [2.24, 2.45) is 40.4 Å². The van der Waals surface area contributed by atoms with Crippen molar-refractivity contribution in [3.8, 4) is 0 Å². The maximum Gasteiger partial charge on any atom is 0.338 e. The second-order valence-corrected chi connectivity index (χ2v) is 13.2. The molecule has 38 heavy (non-hydrogen) atoms. The fourth-order valence-corrected chi connectivity index (χ4v) is 11.5. The Morgan fingerprint density at radius 1 is 1.11 bits per heavy atom. The molecule has 5 unspecified atom stereocenters. The number of rotatable bonds is 7. The molecule has 1 aromatic rings. The number of carbonyl (C=O) groups is 1. The van der Waals surface area contributed by atoms with Crippen molar-refractivity contribution in [1.29, 1.82) is 0 Å². The molecule has 0 radical (unpaired) electrons. The number of benzene rings is 1. The lowest BCUT2D eigenvalue weighted by Gasteiger charge is -2.69. The number of hydrogen-bond donors (Lipinski definition) is 1. The van der Waals surface area contributed by atoms with E-state index in [4.69, 9.17) is 18.9 Å². The van der Waals surface area contributed by atoms with Gasteiger partial charge in [-0.15, -0.1) is 0 Å². The first-order valence-electron chi connectivity index (χ1n) is 14.7. The maximum absolute atomic E-state index is 13.4. The van der Waals surface area contributed by atoms with E-state index in [-0.39, 0.29) is 64.8 Å². The quantitative estimate of drug-likeness (QED) is 0.547. The fourth-order valence-electron chi connectivity index (χ4n) is 11.5. The van der Waals surface area contributed by atoms with E-state index >= 15 is 0 Å². The highest BCUT2D eigenvalue weighted by atomic mass is 16.6. The number of methoxy groups -OCH3 is 3. The van der Waals surface area contributed by atoms with Gasteiger partial charge in [0.15, 0.2) is 0 Å². The van der Waals surface area contributed by atoms with Crippen LogP contribution in [0.4, 0.5) is 0 Å². The normalized spacial score (nSPS) is 50.2. The van der Waals surface area contributed by atoms with Crippen LogP contribution in [0.3, 0.4) is 0 Å². The molecule has 1 heterocycles. The van der Waals surface area contributed by atoms with Crippen LogP contribution in [0.1, 0.15) is 49.4 Å². The molecule has 1 N–H and O–H groups in total. The average Bonchev–Trinajstić information content (AvgIpc) is 3.38. The minimum Gasteiger partial charge on any atom is -0.458 e. The maximum atomic E-state index is 13.4. The summed E-state index contributed by atoms with van der Waals surface area (Å²) in [6, 6.07) is 9.52. The summed E-state index contributed by atoms with van der Waals surface area (Å²) in [6.07, 6.45) is 4.25. The van der Waals surface area contributed by atoms with Crippen LogP contribution < -0.4 is 0 Å². The average molecular weight is 526 g/mol. The molecule has 5 saturated carbocycles. The second-order valence-electron chi connectivity index (χ2n) is 13.2. The van der Waals surface area contributed by atoms with E-state index < -0.39 is 5.60 Å². The zero-order chi connectivity index (χ0) is 26.4. The number of piperidine rings is 1. The number of nitrogens with zero attached hydrogens (tertiary/aromatic N) is 1.